The minimum atomic E-state index is -3.28. The molecule has 0 aliphatic carbocycles. The molecule has 1 aromatic heterocycles. The summed E-state index contributed by atoms with van der Waals surface area (Å²) in [5.74, 6) is 1.13. The monoisotopic (exact) mass is 351 g/mol. The van der Waals surface area contributed by atoms with Crippen molar-refractivity contribution in [1.29, 1.82) is 0 Å². The first-order chi connectivity index (χ1) is 11.3. The summed E-state index contributed by atoms with van der Waals surface area (Å²) in [6.07, 6.45) is 1.93. The lowest BCUT2D eigenvalue weighted by molar-refractivity contribution is 0.211. The zero-order chi connectivity index (χ0) is 17.3. The van der Waals surface area contributed by atoms with Gasteiger partial charge in [-0.2, -0.15) is 4.98 Å². The average Bonchev–Trinajstić information content (AvgIpc) is 2.94. The fraction of sp³-hybridized carbons (Fsp3) is 0.467. The van der Waals surface area contributed by atoms with Gasteiger partial charge in [0.1, 0.15) is 0 Å². The van der Waals surface area contributed by atoms with E-state index in [-0.39, 0.29) is 0 Å². The summed E-state index contributed by atoms with van der Waals surface area (Å²) in [6, 6.07) is 5.69. The second-order valence-electron chi connectivity index (χ2n) is 6.16. The number of anilines is 2. The van der Waals surface area contributed by atoms with Crippen LogP contribution in [0.2, 0.25) is 0 Å². The van der Waals surface area contributed by atoms with Gasteiger partial charge in [0, 0.05) is 27.2 Å². The van der Waals surface area contributed by atoms with Gasteiger partial charge in [-0.1, -0.05) is 12.1 Å². The number of nitrogens with one attached hydrogen (secondary N) is 1. The predicted octanol–water partition coefficient (Wildman–Crippen LogP) is 1.07. The largest absolute Gasteiger partial charge is 0.344 e. The van der Waals surface area contributed by atoms with Crippen LogP contribution in [0.15, 0.2) is 22.7 Å². The van der Waals surface area contributed by atoms with Gasteiger partial charge in [-0.15, -0.1) is 0 Å². The van der Waals surface area contributed by atoms with Crippen LogP contribution in [0, 0.1) is 0 Å². The first-order valence-corrected chi connectivity index (χ1v) is 9.52. The van der Waals surface area contributed by atoms with E-state index in [4.69, 9.17) is 4.52 Å². The smallest absolute Gasteiger partial charge is 0.265 e. The molecular formula is C15H21N5O3S. The summed E-state index contributed by atoms with van der Waals surface area (Å²) in [4.78, 5) is 8.34. The highest BCUT2D eigenvalue weighted by Gasteiger charge is 2.21. The lowest BCUT2D eigenvalue weighted by Crippen LogP contribution is -2.31. The van der Waals surface area contributed by atoms with Gasteiger partial charge in [-0.25, -0.2) is 8.42 Å². The van der Waals surface area contributed by atoms with Crippen molar-refractivity contribution in [2.45, 2.75) is 19.5 Å². The van der Waals surface area contributed by atoms with E-state index in [1.165, 1.54) is 6.26 Å². The van der Waals surface area contributed by atoms with Gasteiger partial charge in [-0.05, 0) is 28.8 Å². The van der Waals surface area contributed by atoms with E-state index < -0.39 is 10.0 Å². The maximum atomic E-state index is 11.5. The molecule has 0 spiro atoms. The van der Waals surface area contributed by atoms with Gasteiger partial charge in [0.05, 0.1) is 18.5 Å². The van der Waals surface area contributed by atoms with E-state index in [1.54, 1.807) is 11.0 Å². The van der Waals surface area contributed by atoms with Crippen LogP contribution < -0.4 is 9.62 Å². The lowest BCUT2D eigenvalue weighted by Gasteiger charge is -2.28. The number of hydrogen-bond acceptors (Lipinski definition) is 7. The molecule has 130 valence electrons. The van der Waals surface area contributed by atoms with Gasteiger partial charge in [-0.3, -0.25) is 9.62 Å². The summed E-state index contributed by atoms with van der Waals surface area (Å²) in [5.41, 5.74) is 2.84. The molecule has 0 fully saturated rings. The van der Waals surface area contributed by atoms with Crippen molar-refractivity contribution in [3.05, 3.63) is 35.2 Å². The maximum absolute atomic E-state index is 11.5. The molecule has 1 aliphatic rings. The first kappa shape index (κ1) is 16.7. The molecule has 2 heterocycles. The van der Waals surface area contributed by atoms with Crippen LogP contribution in [0.4, 0.5) is 11.6 Å². The molecule has 0 saturated carbocycles. The molecule has 0 saturated heterocycles. The number of aromatic nitrogens is 2. The first-order valence-electron chi connectivity index (χ1n) is 7.62. The highest BCUT2D eigenvalue weighted by atomic mass is 32.2. The van der Waals surface area contributed by atoms with Crippen molar-refractivity contribution in [3.8, 4) is 0 Å². The van der Waals surface area contributed by atoms with Crippen molar-refractivity contribution in [1.82, 2.24) is 15.0 Å². The second kappa shape index (κ2) is 6.40. The highest BCUT2D eigenvalue weighted by Crippen LogP contribution is 2.27. The predicted molar refractivity (Wildman–Crippen MR) is 91.4 cm³/mol. The molecule has 0 bridgehead atoms. The molecule has 0 radical (unpaired) electrons. The number of fused-ring (bicyclic) bond motifs is 1. The molecule has 24 heavy (non-hydrogen) atoms. The van der Waals surface area contributed by atoms with Gasteiger partial charge < -0.3 is 9.42 Å². The van der Waals surface area contributed by atoms with E-state index in [2.05, 4.69) is 19.8 Å². The third-order valence-corrected chi connectivity index (χ3v) is 4.45. The molecule has 0 amide bonds. The van der Waals surface area contributed by atoms with Crippen LogP contribution in [0.25, 0.3) is 0 Å². The van der Waals surface area contributed by atoms with E-state index >= 15 is 0 Å². The van der Waals surface area contributed by atoms with E-state index in [1.807, 2.05) is 26.2 Å². The molecule has 0 unspecified atom stereocenters. The number of sulfonamides is 1. The van der Waals surface area contributed by atoms with Crippen LogP contribution in [0.5, 0.6) is 0 Å². The fourth-order valence-corrected chi connectivity index (χ4v) is 3.37. The Morgan fingerprint density at radius 1 is 1.38 bits per heavy atom. The third kappa shape index (κ3) is 3.85. The van der Waals surface area contributed by atoms with Gasteiger partial charge in [0.25, 0.3) is 5.95 Å². The Labute approximate surface area is 141 Å². The molecule has 8 nitrogen and oxygen atoms in total. The van der Waals surface area contributed by atoms with Crippen molar-refractivity contribution >= 4 is 21.7 Å². The fourth-order valence-electron chi connectivity index (χ4n) is 2.78. The molecule has 1 aromatic carbocycles. The Bertz CT molecular complexity index is 831. The molecule has 1 aliphatic heterocycles. The third-order valence-electron chi connectivity index (χ3n) is 3.86. The summed E-state index contributed by atoms with van der Waals surface area (Å²) in [5, 5.41) is 3.92. The summed E-state index contributed by atoms with van der Waals surface area (Å²) in [7, 11) is 0.447. The number of benzene rings is 1. The van der Waals surface area contributed by atoms with Gasteiger partial charge in [0.15, 0.2) is 0 Å². The Kier molecular flexibility index (Phi) is 4.46. The number of rotatable bonds is 5. The van der Waals surface area contributed by atoms with Crippen molar-refractivity contribution < 1.29 is 12.9 Å². The van der Waals surface area contributed by atoms with Crippen LogP contribution in [0.1, 0.15) is 17.0 Å². The van der Waals surface area contributed by atoms with E-state index in [0.717, 1.165) is 24.1 Å². The summed E-state index contributed by atoms with van der Waals surface area (Å²) < 4.78 is 30.9. The Hall–Kier alpha value is -2.13. The van der Waals surface area contributed by atoms with Crippen molar-refractivity contribution in [2.24, 2.45) is 0 Å². The van der Waals surface area contributed by atoms with Crippen LogP contribution in [-0.2, 0) is 29.5 Å². The summed E-state index contributed by atoms with van der Waals surface area (Å²) in [6.45, 7) is 2.09. The molecular weight excluding hydrogens is 330 g/mol. The van der Waals surface area contributed by atoms with Crippen LogP contribution >= 0.6 is 0 Å². The Morgan fingerprint density at radius 3 is 2.83 bits per heavy atom. The maximum Gasteiger partial charge on any atom is 0.265 e. The van der Waals surface area contributed by atoms with Crippen molar-refractivity contribution in [3.63, 3.8) is 0 Å². The minimum Gasteiger partial charge on any atom is -0.344 e. The minimum absolute atomic E-state index is 0.557. The van der Waals surface area contributed by atoms with Crippen LogP contribution in [0.3, 0.4) is 0 Å². The summed E-state index contributed by atoms with van der Waals surface area (Å²) >= 11 is 0. The molecule has 2 aromatic rings. The zero-order valence-corrected chi connectivity index (χ0v) is 14.8. The molecule has 9 heteroatoms. The quantitative estimate of drug-likeness (QED) is 0.861. The molecule has 1 N–H and O–H groups in total. The van der Waals surface area contributed by atoms with E-state index in [0.29, 0.717) is 30.6 Å². The van der Waals surface area contributed by atoms with Crippen molar-refractivity contribution in [2.75, 3.05) is 36.5 Å². The second-order valence-corrected chi connectivity index (χ2v) is 7.91. The number of hydrogen-bond donors (Lipinski definition) is 1. The van der Waals surface area contributed by atoms with Crippen LogP contribution in [-0.4, -0.2) is 50.4 Å². The van der Waals surface area contributed by atoms with Gasteiger partial charge in [0.2, 0.25) is 15.9 Å². The lowest BCUT2D eigenvalue weighted by atomic mass is 9.98. The highest BCUT2D eigenvalue weighted by molar-refractivity contribution is 7.92. The SMILES string of the molecule is CN(C)c1noc(CN2CCc3c(cccc3NS(C)(=O)=O)C2)n1. The standard InChI is InChI=1S/C15H21N5O3S/c1-19(2)15-16-14(23-17-15)10-20-8-7-12-11(9-20)5-4-6-13(12)18-24(3,21)22/h4-6,18H,7-10H2,1-3H3. The Balaban J connectivity index is 1.73. The molecule has 0 atom stereocenters. The Morgan fingerprint density at radius 2 is 2.17 bits per heavy atom. The number of nitrogens with zero attached hydrogens (tertiary/aromatic N) is 4. The topological polar surface area (TPSA) is 91.6 Å². The normalized spacial score (nSPS) is 15.1. The van der Waals surface area contributed by atoms with E-state index in [9.17, 15) is 8.42 Å². The zero-order valence-electron chi connectivity index (χ0n) is 14.0. The average molecular weight is 351 g/mol. The van der Waals surface area contributed by atoms with Gasteiger partial charge >= 0.3 is 0 Å². The molecule has 3 rings (SSSR count).